The molecule has 0 saturated carbocycles. The zero-order valence-electron chi connectivity index (χ0n) is 4.24. The van der Waals surface area contributed by atoms with Crippen molar-refractivity contribution in [2.24, 2.45) is 0 Å². The number of rotatable bonds is 0. The van der Waals surface area contributed by atoms with Gasteiger partial charge in [-0.15, -0.1) is 0 Å². The van der Waals surface area contributed by atoms with E-state index in [4.69, 9.17) is 15.3 Å². The van der Waals surface area contributed by atoms with Gasteiger partial charge in [-0.25, -0.2) is 0 Å². The van der Waals surface area contributed by atoms with E-state index in [1.807, 2.05) is 0 Å². The third-order valence-corrected chi connectivity index (χ3v) is 1.04. The molecule has 1 heterocycles. The van der Waals surface area contributed by atoms with Crippen LogP contribution in [0.3, 0.4) is 0 Å². The first-order valence-corrected chi connectivity index (χ1v) is 2.41. The van der Waals surface area contributed by atoms with Gasteiger partial charge in [-0.05, 0) is 0 Å². The van der Waals surface area contributed by atoms with Crippen LogP contribution in [0.1, 0.15) is 12.8 Å². The summed E-state index contributed by atoms with van der Waals surface area (Å²) in [6, 6.07) is 0. The van der Waals surface area contributed by atoms with Crippen LogP contribution in [0, 0.1) is 0 Å². The maximum absolute atomic E-state index is 8.54. The number of aliphatic hydroxyl groups excluding tert-OH is 1. The van der Waals surface area contributed by atoms with Gasteiger partial charge in [0.15, 0.2) is 6.29 Å². The largest absolute Gasteiger partial charge is 0.368 e. The fraction of sp³-hybridized carbons (Fsp3) is 1.00. The van der Waals surface area contributed by atoms with Crippen LogP contribution in [0.5, 0.6) is 0 Å². The van der Waals surface area contributed by atoms with Gasteiger partial charge in [0.1, 0.15) is 0 Å². The molecule has 0 aromatic carbocycles. The minimum Gasteiger partial charge on any atom is -0.368 e. The Balaban J connectivity index is 2.44. The van der Waals surface area contributed by atoms with Crippen molar-refractivity contribution in [1.29, 1.82) is 0 Å². The van der Waals surface area contributed by atoms with E-state index in [0.29, 0.717) is 0 Å². The first kappa shape index (κ1) is 5.97. The molecule has 4 heteroatoms. The maximum atomic E-state index is 8.54. The van der Waals surface area contributed by atoms with Crippen LogP contribution in [0.25, 0.3) is 0 Å². The van der Waals surface area contributed by atoms with Gasteiger partial charge < -0.3 is 15.3 Å². The van der Waals surface area contributed by atoms with E-state index in [0.717, 1.165) is 0 Å². The molecule has 0 aromatic rings. The molecule has 4 nitrogen and oxygen atoms in total. The molecule has 1 aliphatic rings. The van der Waals surface area contributed by atoms with Gasteiger partial charge in [-0.1, -0.05) is 0 Å². The normalized spacial score (nSPS) is 35.6. The molecule has 0 aromatic heterocycles. The average molecular weight is 120 g/mol. The minimum absolute atomic E-state index is 0.0775. The molecule has 0 aliphatic carbocycles. The van der Waals surface area contributed by atoms with E-state index < -0.39 is 12.3 Å². The number of aliphatic hydroxyl groups is 3. The first-order valence-electron chi connectivity index (χ1n) is 2.41. The van der Waals surface area contributed by atoms with Gasteiger partial charge in [0, 0.05) is 12.8 Å². The summed E-state index contributed by atoms with van der Waals surface area (Å²) >= 11 is 0. The van der Waals surface area contributed by atoms with Crippen molar-refractivity contribution in [2.75, 3.05) is 0 Å². The zero-order valence-corrected chi connectivity index (χ0v) is 4.24. The van der Waals surface area contributed by atoms with Crippen molar-refractivity contribution in [3.8, 4) is 0 Å². The molecule has 1 rings (SSSR count). The molecule has 0 radical (unpaired) electrons. The molecule has 0 bridgehead atoms. The molecule has 8 heavy (non-hydrogen) atoms. The summed E-state index contributed by atoms with van der Waals surface area (Å²) in [5, 5.41) is 25.6. The fourth-order valence-corrected chi connectivity index (χ4v) is 0.647. The molecular weight excluding hydrogens is 112 g/mol. The summed E-state index contributed by atoms with van der Waals surface area (Å²) in [5.41, 5.74) is 0. The monoisotopic (exact) mass is 120 g/mol. The van der Waals surface area contributed by atoms with Crippen LogP contribution in [0.2, 0.25) is 0 Å². The lowest BCUT2D eigenvalue weighted by molar-refractivity contribution is -0.346. The molecule has 1 aliphatic heterocycles. The summed E-state index contributed by atoms with van der Waals surface area (Å²) in [7, 11) is 0. The highest BCUT2D eigenvalue weighted by Crippen LogP contribution is 2.22. The second-order valence-corrected chi connectivity index (χ2v) is 1.85. The SMILES string of the molecule is OC1CCC(O)(O)O1. The van der Waals surface area contributed by atoms with Crippen molar-refractivity contribution in [1.82, 2.24) is 0 Å². The molecule has 1 fully saturated rings. The van der Waals surface area contributed by atoms with Crippen LogP contribution < -0.4 is 0 Å². The van der Waals surface area contributed by atoms with E-state index in [1.165, 1.54) is 0 Å². The van der Waals surface area contributed by atoms with Crippen LogP contribution in [-0.2, 0) is 4.74 Å². The van der Waals surface area contributed by atoms with E-state index in [9.17, 15) is 0 Å². The Labute approximate surface area is 46.3 Å². The number of hydrogen-bond acceptors (Lipinski definition) is 4. The van der Waals surface area contributed by atoms with Crippen LogP contribution in [0.15, 0.2) is 0 Å². The lowest BCUT2D eigenvalue weighted by Gasteiger charge is -2.12. The predicted octanol–water partition coefficient (Wildman–Crippen LogP) is -1.25. The standard InChI is InChI=1S/C4H8O4/c5-3-1-2-4(6,7)8-3/h3,5-7H,1-2H2. The van der Waals surface area contributed by atoms with Gasteiger partial charge in [0.25, 0.3) is 5.97 Å². The molecule has 1 saturated heterocycles. The smallest absolute Gasteiger partial charge is 0.280 e. The molecule has 1 atom stereocenters. The van der Waals surface area contributed by atoms with E-state index in [2.05, 4.69) is 4.74 Å². The summed E-state index contributed by atoms with van der Waals surface area (Å²) in [6.07, 6.45) is -0.647. The Morgan fingerprint density at radius 3 is 2.25 bits per heavy atom. The first-order chi connectivity index (χ1) is 3.60. The van der Waals surface area contributed by atoms with E-state index in [1.54, 1.807) is 0 Å². The summed E-state index contributed by atoms with van der Waals surface area (Å²) < 4.78 is 4.22. The molecule has 0 amide bonds. The van der Waals surface area contributed by atoms with Crippen molar-refractivity contribution < 1.29 is 20.1 Å². The van der Waals surface area contributed by atoms with Gasteiger partial charge in [-0.2, -0.15) is 0 Å². The Kier molecular flexibility index (Phi) is 1.24. The Hall–Kier alpha value is -0.160. The van der Waals surface area contributed by atoms with Crippen molar-refractivity contribution >= 4 is 0 Å². The second kappa shape index (κ2) is 1.66. The summed E-state index contributed by atoms with van der Waals surface area (Å²) in [4.78, 5) is 0. The third kappa shape index (κ3) is 1.16. The number of ether oxygens (including phenoxy) is 1. The van der Waals surface area contributed by atoms with Crippen molar-refractivity contribution in [3.63, 3.8) is 0 Å². The Morgan fingerprint density at radius 1 is 1.50 bits per heavy atom. The quantitative estimate of drug-likeness (QED) is 0.349. The van der Waals surface area contributed by atoms with E-state index >= 15 is 0 Å². The van der Waals surface area contributed by atoms with Gasteiger partial charge in [0.2, 0.25) is 0 Å². The van der Waals surface area contributed by atoms with Gasteiger partial charge in [0.05, 0.1) is 0 Å². The molecule has 1 unspecified atom stereocenters. The highest BCUT2D eigenvalue weighted by molar-refractivity contribution is 4.61. The maximum Gasteiger partial charge on any atom is 0.280 e. The highest BCUT2D eigenvalue weighted by atomic mass is 16.8. The van der Waals surface area contributed by atoms with Gasteiger partial charge >= 0.3 is 0 Å². The lowest BCUT2D eigenvalue weighted by Crippen LogP contribution is -2.27. The van der Waals surface area contributed by atoms with E-state index in [-0.39, 0.29) is 12.8 Å². The van der Waals surface area contributed by atoms with Crippen LogP contribution in [-0.4, -0.2) is 27.6 Å². The lowest BCUT2D eigenvalue weighted by atomic mass is 10.3. The summed E-state index contributed by atoms with van der Waals surface area (Å²) in [5.74, 6) is -2.08. The molecule has 0 spiro atoms. The zero-order chi connectivity index (χ0) is 6.20. The minimum atomic E-state index is -2.08. The second-order valence-electron chi connectivity index (χ2n) is 1.85. The van der Waals surface area contributed by atoms with Crippen LogP contribution >= 0.6 is 0 Å². The van der Waals surface area contributed by atoms with Crippen LogP contribution in [0.4, 0.5) is 0 Å². The van der Waals surface area contributed by atoms with Crippen molar-refractivity contribution in [2.45, 2.75) is 25.1 Å². The summed E-state index contributed by atoms with van der Waals surface area (Å²) in [6.45, 7) is 0. The number of hydrogen-bond donors (Lipinski definition) is 3. The molecule has 48 valence electrons. The molecular formula is C4H8O4. The topological polar surface area (TPSA) is 69.9 Å². The Bertz CT molecular complexity index is 90.0. The molecule has 3 N–H and O–H groups in total. The Morgan fingerprint density at radius 2 is 2.12 bits per heavy atom. The third-order valence-electron chi connectivity index (χ3n) is 1.04. The van der Waals surface area contributed by atoms with Crippen molar-refractivity contribution in [3.05, 3.63) is 0 Å². The predicted molar refractivity (Wildman–Crippen MR) is 23.5 cm³/mol. The highest BCUT2D eigenvalue weighted by Gasteiger charge is 2.35. The average Bonchev–Trinajstić information content (AvgIpc) is 1.82. The fourth-order valence-electron chi connectivity index (χ4n) is 0.647. The van der Waals surface area contributed by atoms with Gasteiger partial charge in [-0.3, -0.25) is 4.74 Å².